The van der Waals surface area contributed by atoms with Gasteiger partial charge in [0.2, 0.25) is 0 Å². The van der Waals surface area contributed by atoms with Crippen LogP contribution in [0.25, 0.3) is 0 Å². The minimum atomic E-state index is -4.97. The van der Waals surface area contributed by atoms with Gasteiger partial charge in [0.15, 0.2) is 12.2 Å². The van der Waals surface area contributed by atoms with Crippen molar-refractivity contribution >= 4 is 39.5 Å². The summed E-state index contributed by atoms with van der Waals surface area (Å²) in [6.45, 7) is 9.70. The standard InChI is InChI=1S/C87H170O17P2/c1-7-9-11-13-15-17-19-21-23-24-25-26-27-28-31-36-40-48-54-60-66-72-87(92)103-82(75-97-84(89)69-63-57-51-45-38-35-32-29-30-33-37-43-49-55-61-67-79(3)4)77-101-105(93,94)99-73-81(88)74-100-106(95,96)102-78-83(76-98-85(90)70-64-58-52-46-42-41-44-50-56-62-68-80(5)6)104-86(91)71-65-59-53-47-39-34-22-20-18-16-14-12-10-8-2/h79-83,88H,7-78H2,1-6H3,(H,93,94)(H,95,96)/t81-,82-,83-/m1/s1. The monoisotopic (exact) mass is 1550 g/mol. The third-order valence-electron chi connectivity index (χ3n) is 20.5. The third kappa shape index (κ3) is 80.1. The molecule has 0 heterocycles. The molecule has 19 heteroatoms. The van der Waals surface area contributed by atoms with E-state index in [4.69, 9.17) is 37.0 Å². The average molecular weight is 1550 g/mol. The quantitative estimate of drug-likeness (QED) is 0.0222. The number of hydrogen-bond acceptors (Lipinski definition) is 15. The summed E-state index contributed by atoms with van der Waals surface area (Å²) in [4.78, 5) is 73.3. The molecule has 0 rings (SSSR count). The van der Waals surface area contributed by atoms with E-state index in [1.54, 1.807) is 0 Å². The van der Waals surface area contributed by atoms with Crippen LogP contribution >= 0.6 is 15.6 Å². The van der Waals surface area contributed by atoms with Gasteiger partial charge in [-0.1, -0.05) is 414 Å². The zero-order valence-electron chi connectivity index (χ0n) is 69.7. The smallest absolute Gasteiger partial charge is 0.462 e. The van der Waals surface area contributed by atoms with Gasteiger partial charge in [-0.2, -0.15) is 0 Å². The summed E-state index contributed by atoms with van der Waals surface area (Å²) in [5.74, 6) is -0.535. The van der Waals surface area contributed by atoms with Crippen LogP contribution in [0.2, 0.25) is 0 Å². The maximum Gasteiger partial charge on any atom is 0.472 e. The molecule has 17 nitrogen and oxygen atoms in total. The topological polar surface area (TPSA) is 237 Å². The first kappa shape index (κ1) is 104. The van der Waals surface area contributed by atoms with E-state index in [1.165, 1.54) is 283 Å². The molecule has 0 spiro atoms. The predicted molar refractivity (Wildman–Crippen MR) is 437 cm³/mol. The van der Waals surface area contributed by atoms with Crippen molar-refractivity contribution in [1.29, 1.82) is 0 Å². The maximum absolute atomic E-state index is 13.2. The first-order valence-corrected chi connectivity index (χ1v) is 48.0. The molecule has 5 atom stereocenters. The number of phosphoric acid groups is 2. The fourth-order valence-corrected chi connectivity index (χ4v) is 15.2. The number of phosphoric ester groups is 2. The summed E-state index contributed by atoms with van der Waals surface area (Å²) in [5, 5.41) is 10.7. The van der Waals surface area contributed by atoms with Crippen molar-refractivity contribution < 1.29 is 80.2 Å². The lowest BCUT2D eigenvalue weighted by Gasteiger charge is -2.21. The Morgan fingerprint density at radius 1 is 0.255 bits per heavy atom. The number of esters is 4. The first-order valence-electron chi connectivity index (χ1n) is 45.0. The van der Waals surface area contributed by atoms with E-state index in [0.29, 0.717) is 25.7 Å². The molecule has 3 N–H and O–H groups in total. The van der Waals surface area contributed by atoms with E-state index in [-0.39, 0.29) is 25.7 Å². The Morgan fingerprint density at radius 3 is 0.642 bits per heavy atom. The van der Waals surface area contributed by atoms with Crippen LogP contribution < -0.4 is 0 Å². The van der Waals surface area contributed by atoms with Crippen molar-refractivity contribution in [3.8, 4) is 0 Å². The summed E-state index contributed by atoms with van der Waals surface area (Å²) in [6.07, 6.45) is 70.8. The van der Waals surface area contributed by atoms with E-state index in [2.05, 4.69) is 41.5 Å². The molecule has 0 bridgehead atoms. The molecule has 2 unspecified atom stereocenters. The minimum Gasteiger partial charge on any atom is -0.462 e. The average Bonchev–Trinajstić information content (AvgIpc) is 0.898. The largest absolute Gasteiger partial charge is 0.472 e. The van der Waals surface area contributed by atoms with Crippen LogP contribution in [0.3, 0.4) is 0 Å². The molecule has 0 amide bonds. The number of rotatable bonds is 86. The summed E-state index contributed by atoms with van der Waals surface area (Å²) < 4.78 is 69.0. The second-order valence-electron chi connectivity index (χ2n) is 32.2. The maximum atomic E-state index is 13.2. The van der Waals surface area contributed by atoms with Crippen molar-refractivity contribution in [2.45, 2.75) is 484 Å². The van der Waals surface area contributed by atoms with E-state index in [0.717, 1.165) is 102 Å². The van der Waals surface area contributed by atoms with Crippen molar-refractivity contribution in [3.05, 3.63) is 0 Å². The molecule has 0 aliphatic carbocycles. The molecule has 0 radical (unpaired) electrons. The zero-order valence-corrected chi connectivity index (χ0v) is 71.5. The lowest BCUT2D eigenvalue weighted by molar-refractivity contribution is -0.161. The number of aliphatic hydroxyl groups excluding tert-OH is 1. The number of aliphatic hydroxyl groups is 1. The molecule has 0 aromatic carbocycles. The molecule has 0 aliphatic rings. The molecule has 630 valence electrons. The van der Waals surface area contributed by atoms with Gasteiger partial charge in [-0.25, -0.2) is 9.13 Å². The number of unbranched alkanes of at least 4 members (excludes halogenated alkanes) is 56. The lowest BCUT2D eigenvalue weighted by Crippen LogP contribution is -2.30. The molecule has 0 aromatic heterocycles. The van der Waals surface area contributed by atoms with Gasteiger partial charge in [-0.05, 0) is 37.5 Å². The Labute approximate surface area is 651 Å². The van der Waals surface area contributed by atoms with Crippen LogP contribution in [0.15, 0.2) is 0 Å². The molecule has 106 heavy (non-hydrogen) atoms. The van der Waals surface area contributed by atoms with Crippen molar-refractivity contribution in [2.75, 3.05) is 39.6 Å². The highest BCUT2D eigenvalue weighted by Crippen LogP contribution is 2.45. The summed E-state index contributed by atoms with van der Waals surface area (Å²) >= 11 is 0. The van der Waals surface area contributed by atoms with Crippen molar-refractivity contribution in [3.63, 3.8) is 0 Å². The Hall–Kier alpha value is -1.94. The van der Waals surface area contributed by atoms with E-state index in [9.17, 15) is 43.2 Å². The van der Waals surface area contributed by atoms with Gasteiger partial charge in [-0.15, -0.1) is 0 Å². The SMILES string of the molecule is CCCCCCCCCCCCCCCCCCCCCCCC(=O)O[C@H](COC(=O)CCCCCCCCCCCCCCCCCC(C)C)COP(=O)(O)OC[C@@H](O)COP(=O)(O)OC[C@@H](COC(=O)CCCCCCCCCCCCC(C)C)OC(=O)CCCCCCCCCCCCCCCC. The Kier molecular flexibility index (Phi) is 76.9. The van der Waals surface area contributed by atoms with E-state index >= 15 is 0 Å². The number of ether oxygens (including phenoxy) is 4. The molecule has 0 aliphatic heterocycles. The molecule has 0 fully saturated rings. The lowest BCUT2D eigenvalue weighted by atomic mass is 10.0. The predicted octanol–water partition coefficient (Wildman–Crippen LogP) is 26.6. The summed E-state index contributed by atoms with van der Waals surface area (Å²) in [7, 11) is -9.93. The normalized spacial score (nSPS) is 13.8. The van der Waals surface area contributed by atoms with Crippen LogP contribution in [0, 0.1) is 11.8 Å². The van der Waals surface area contributed by atoms with Crippen LogP contribution in [-0.4, -0.2) is 96.7 Å². The minimum absolute atomic E-state index is 0.108. The van der Waals surface area contributed by atoms with Crippen molar-refractivity contribution in [2.24, 2.45) is 11.8 Å². The zero-order chi connectivity index (χ0) is 77.8. The van der Waals surface area contributed by atoms with Gasteiger partial charge in [0, 0.05) is 25.7 Å². The van der Waals surface area contributed by atoms with Crippen LogP contribution in [0.4, 0.5) is 0 Å². The van der Waals surface area contributed by atoms with Crippen molar-refractivity contribution in [1.82, 2.24) is 0 Å². The highest BCUT2D eigenvalue weighted by molar-refractivity contribution is 7.47. The van der Waals surface area contributed by atoms with Crippen LogP contribution in [0.5, 0.6) is 0 Å². The van der Waals surface area contributed by atoms with Gasteiger partial charge in [0.1, 0.15) is 19.3 Å². The Balaban J connectivity index is 5.25. The highest BCUT2D eigenvalue weighted by Gasteiger charge is 2.30. The number of carbonyl (C=O) groups excluding carboxylic acids is 4. The summed E-state index contributed by atoms with van der Waals surface area (Å²) in [5.41, 5.74) is 0. The Bertz CT molecular complexity index is 2030. The van der Waals surface area contributed by atoms with Gasteiger partial charge < -0.3 is 33.8 Å². The summed E-state index contributed by atoms with van der Waals surface area (Å²) in [6, 6.07) is 0. The third-order valence-corrected chi connectivity index (χ3v) is 22.4. The van der Waals surface area contributed by atoms with E-state index < -0.39 is 97.5 Å². The van der Waals surface area contributed by atoms with Gasteiger partial charge >= 0.3 is 39.5 Å². The molecule has 0 saturated carbocycles. The van der Waals surface area contributed by atoms with E-state index in [1.807, 2.05) is 0 Å². The highest BCUT2D eigenvalue weighted by atomic mass is 31.2. The van der Waals surface area contributed by atoms with Crippen LogP contribution in [-0.2, 0) is 65.4 Å². The second-order valence-corrected chi connectivity index (χ2v) is 35.1. The molecular formula is C87H170O17P2. The fourth-order valence-electron chi connectivity index (χ4n) is 13.6. The van der Waals surface area contributed by atoms with Gasteiger partial charge in [0.25, 0.3) is 0 Å². The second kappa shape index (κ2) is 78.3. The molecular weight excluding hydrogens is 1380 g/mol. The molecule has 0 saturated heterocycles. The van der Waals surface area contributed by atoms with Gasteiger partial charge in [-0.3, -0.25) is 37.3 Å². The fraction of sp³-hybridized carbons (Fsp3) is 0.954. The number of hydrogen-bond donors (Lipinski definition) is 3. The van der Waals surface area contributed by atoms with Gasteiger partial charge in [0.05, 0.1) is 26.4 Å². The first-order chi connectivity index (χ1) is 51.4. The Morgan fingerprint density at radius 2 is 0.434 bits per heavy atom. The van der Waals surface area contributed by atoms with Crippen LogP contribution in [0.1, 0.15) is 465 Å². The number of carbonyl (C=O) groups is 4. The molecule has 0 aromatic rings.